The highest BCUT2D eigenvalue weighted by molar-refractivity contribution is 8.32. The summed E-state index contributed by atoms with van der Waals surface area (Å²) in [4.78, 5) is 13.8. The predicted octanol–water partition coefficient (Wildman–Crippen LogP) is 7.02. The largest absolute Gasteiger partial charge is 0.514 e. The van der Waals surface area contributed by atoms with E-state index in [1.807, 2.05) is 0 Å². The van der Waals surface area contributed by atoms with Crippen molar-refractivity contribution in [1.29, 1.82) is 0 Å². The lowest BCUT2D eigenvalue weighted by Crippen LogP contribution is -2.43. The van der Waals surface area contributed by atoms with Gasteiger partial charge in [-0.1, -0.05) is 73.9 Å². The molecule has 0 heterocycles. The molecule has 3 aromatic carbocycles. The third-order valence-corrected chi connectivity index (χ3v) is 11.6. The van der Waals surface area contributed by atoms with E-state index in [0.717, 1.165) is 32.1 Å². The summed E-state index contributed by atoms with van der Waals surface area (Å²) in [5.41, 5.74) is 0. The van der Waals surface area contributed by atoms with Gasteiger partial charge in [0, 0.05) is 0 Å². The fraction of sp³-hybridized carbons (Fsp3) is 0.296. The van der Waals surface area contributed by atoms with E-state index in [4.69, 9.17) is 4.74 Å². The molecule has 4 rings (SSSR count). The summed E-state index contributed by atoms with van der Waals surface area (Å²) in [6.07, 6.45) is 4.45. The van der Waals surface area contributed by atoms with Gasteiger partial charge in [0.2, 0.25) is 0 Å². The highest BCUT2D eigenvalue weighted by atomic mass is 32.3. The van der Waals surface area contributed by atoms with Crippen LogP contribution in [0.3, 0.4) is 0 Å². The average molecular weight is 536 g/mol. The van der Waals surface area contributed by atoms with E-state index in [1.54, 1.807) is 91.0 Å². The van der Waals surface area contributed by atoms with E-state index >= 15 is 8.78 Å². The van der Waals surface area contributed by atoms with Gasteiger partial charge in [0.25, 0.3) is 0 Å². The number of hydrogen-bond donors (Lipinski definition) is 0. The first-order valence-corrected chi connectivity index (χ1v) is 14.8. The van der Waals surface area contributed by atoms with Crippen molar-refractivity contribution in [2.75, 3.05) is 6.61 Å². The summed E-state index contributed by atoms with van der Waals surface area (Å²) >= 11 is 0. The first-order valence-electron chi connectivity index (χ1n) is 11.8. The van der Waals surface area contributed by atoms with Crippen LogP contribution in [0.25, 0.3) is 0 Å². The van der Waals surface area contributed by atoms with Crippen LogP contribution in [0, 0.1) is 5.92 Å². The van der Waals surface area contributed by atoms with Gasteiger partial charge in [-0.25, -0.2) is 4.79 Å². The van der Waals surface area contributed by atoms with E-state index in [1.165, 1.54) is 0 Å². The number of rotatable bonds is 9. The Balaban J connectivity index is 1.75. The second-order valence-electron chi connectivity index (χ2n) is 8.69. The SMILES string of the molecule is O=C(OCC1CCCCC1)C(F)(F)S(=O)(=O)[OH+]S(c1ccccc1)(c1ccccc1)c1ccccc1. The molecular weight excluding hydrogens is 506 g/mol. The van der Waals surface area contributed by atoms with Crippen LogP contribution < -0.4 is 0 Å². The molecule has 36 heavy (non-hydrogen) atoms. The molecule has 0 aromatic heterocycles. The van der Waals surface area contributed by atoms with Crippen molar-refractivity contribution in [2.45, 2.75) is 52.0 Å². The molecule has 192 valence electrons. The van der Waals surface area contributed by atoms with Gasteiger partial charge in [-0.2, -0.15) is 8.78 Å². The molecule has 1 saturated carbocycles. The van der Waals surface area contributed by atoms with Gasteiger partial charge < -0.3 is 4.74 Å². The molecule has 9 heteroatoms. The Morgan fingerprint density at radius 3 is 1.61 bits per heavy atom. The van der Waals surface area contributed by atoms with Crippen LogP contribution in [-0.4, -0.2) is 29.9 Å². The molecule has 0 atom stereocenters. The van der Waals surface area contributed by atoms with Gasteiger partial charge in [0.1, 0.15) is 0 Å². The van der Waals surface area contributed by atoms with Crippen molar-refractivity contribution in [2.24, 2.45) is 5.92 Å². The maximum absolute atomic E-state index is 15.3. The van der Waals surface area contributed by atoms with E-state index in [2.05, 4.69) is 3.63 Å². The van der Waals surface area contributed by atoms with Crippen LogP contribution in [0.4, 0.5) is 8.78 Å². The van der Waals surface area contributed by atoms with Crippen LogP contribution >= 0.6 is 10.3 Å². The molecule has 0 bridgehead atoms. The lowest BCUT2D eigenvalue weighted by atomic mass is 9.90. The number of hydrogen-bond acceptors (Lipinski definition) is 4. The predicted molar refractivity (Wildman–Crippen MR) is 136 cm³/mol. The minimum atomic E-state index is -5.66. The number of ether oxygens (including phenoxy) is 1. The Hall–Kier alpha value is -2.75. The van der Waals surface area contributed by atoms with E-state index in [9.17, 15) is 13.2 Å². The fourth-order valence-corrected chi connectivity index (χ4v) is 9.64. The average Bonchev–Trinajstić information content (AvgIpc) is 2.92. The Labute approximate surface area is 212 Å². The van der Waals surface area contributed by atoms with E-state index in [0.29, 0.717) is 14.7 Å². The Kier molecular flexibility index (Phi) is 8.12. The topological polar surface area (TPSA) is 73.2 Å². The normalized spacial score (nSPS) is 15.8. The monoisotopic (exact) mass is 535 g/mol. The summed E-state index contributed by atoms with van der Waals surface area (Å²) in [5, 5.41) is -4.84. The highest BCUT2D eigenvalue weighted by Crippen LogP contribution is 2.68. The summed E-state index contributed by atoms with van der Waals surface area (Å²) in [6, 6.07) is 25.4. The molecule has 1 aliphatic carbocycles. The minimum absolute atomic E-state index is 0.0409. The molecule has 0 unspecified atom stereocenters. The third-order valence-electron chi connectivity index (χ3n) is 6.20. The smallest absolute Gasteiger partial charge is 0.460 e. The van der Waals surface area contributed by atoms with Crippen LogP contribution in [0.1, 0.15) is 32.1 Å². The Morgan fingerprint density at radius 1 is 0.778 bits per heavy atom. The number of halogens is 2. The zero-order valence-corrected chi connectivity index (χ0v) is 21.3. The maximum atomic E-state index is 15.3. The summed E-state index contributed by atoms with van der Waals surface area (Å²) in [7, 11) is -8.75. The number of carbonyl (C=O) groups is 1. The molecule has 5 nitrogen and oxygen atoms in total. The third kappa shape index (κ3) is 5.33. The first kappa shape index (κ1) is 26.3. The first-order chi connectivity index (χ1) is 17.3. The molecule has 3 aromatic rings. The van der Waals surface area contributed by atoms with Gasteiger partial charge in [-0.15, -0.1) is 8.42 Å². The second kappa shape index (κ2) is 11.1. The zero-order chi connectivity index (χ0) is 25.7. The molecule has 0 aliphatic heterocycles. The Bertz CT molecular complexity index is 1150. The van der Waals surface area contributed by atoms with Gasteiger partial charge in [-0.05, 0) is 55.2 Å². The van der Waals surface area contributed by atoms with Gasteiger partial charge >= 0.3 is 21.3 Å². The van der Waals surface area contributed by atoms with E-state index in [-0.39, 0.29) is 12.5 Å². The van der Waals surface area contributed by atoms with Crippen molar-refractivity contribution in [3.05, 3.63) is 91.0 Å². The zero-order valence-electron chi connectivity index (χ0n) is 19.6. The van der Waals surface area contributed by atoms with Crippen molar-refractivity contribution < 1.29 is 30.4 Å². The molecular formula is C27H29F2O5S2+. The highest BCUT2D eigenvalue weighted by Gasteiger charge is 2.63. The van der Waals surface area contributed by atoms with Crippen LogP contribution in [0.15, 0.2) is 106 Å². The quantitative estimate of drug-likeness (QED) is 0.168. The van der Waals surface area contributed by atoms with Gasteiger partial charge in [0.15, 0.2) is 0 Å². The minimum Gasteiger partial charge on any atom is -0.460 e. The molecule has 0 spiro atoms. The van der Waals surface area contributed by atoms with Crippen LogP contribution in [0.2, 0.25) is 0 Å². The number of benzene rings is 3. The fourth-order valence-electron chi connectivity index (χ4n) is 4.32. The molecule has 1 aliphatic rings. The van der Waals surface area contributed by atoms with Gasteiger partial charge in [0.05, 0.1) is 31.6 Å². The molecule has 1 N–H and O–H groups in total. The molecule has 1 fully saturated rings. The Morgan fingerprint density at radius 2 is 1.19 bits per heavy atom. The van der Waals surface area contributed by atoms with Crippen LogP contribution in [0.5, 0.6) is 0 Å². The van der Waals surface area contributed by atoms with Crippen molar-refractivity contribution in [3.63, 3.8) is 0 Å². The van der Waals surface area contributed by atoms with Crippen molar-refractivity contribution in [1.82, 2.24) is 0 Å². The van der Waals surface area contributed by atoms with Gasteiger partial charge in [-0.3, -0.25) is 3.63 Å². The van der Waals surface area contributed by atoms with E-state index < -0.39 is 31.7 Å². The number of carbonyl (C=O) groups excluding carboxylic acids is 1. The van der Waals surface area contributed by atoms with Crippen molar-refractivity contribution >= 4 is 26.4 Å². The standard InChI is InChI=1S/C27H28F2O5S2/c28-27(29,26(30)33-21-22-13-5-1-6-14-22)36(31,32)34-35(23-15-7-2-8-16-23,24-17-9-3-10-18-24)25-19-11-4-12-20-25/h2-4,7-12,15-20,22H,1,5-6,13-14,21H2/p+1. The lowest BCUT2D eigenvalue weighted by Gasteiger charge is -2.35. The van der Waals surface area contributed by atoms with Crippen LogP contribution in [-0.2, 0) is 19.6 Å². The molecule has 0 amide bonds. The summed E-state index contributed by atoms with van der Waals surface area (Å²) in [5.74, 6) is -2.12. The maximum Gasteiger partial charge on any atom is 0.514 e. The lowest BCUT2D eigenvalue weighted by molar-refractivity contribution is -0.163. The van der Waals surface area contributed by atoms with Crippen molar-refractivity contribution in [3.8, 4) is 0 Å². The molecule has 0 radical (unpaired) electrons. The molecule has 0 saturated heterocycles. The summed E-state index contributed by atoms with van der Waals surface area (Å²) in [6.45, 7) is -0.224. The number of esters is 1. The second-order valence-corrected chi connectivity index (χ2v) is 13.3. The number of alkyl halides is 2. The summed E-state index contributed by atoms with van der Waals surface area (Å²) < 4.78 is 65.9.